The maximum atomic E-state index is 4.46. The van der Waals surface area contributed by atoms with Crippen molar-refractivity contribution in [2.24, 2.45) is 4.99 Å². The summed E-state index contributed by atoms with van der Waals surface area (Å²) in [6, 6.07) is 8.94. The highest BCUT2D eigenvalue weighted by atomic mass is 127. The molecule has 0 fully saturated rings. The number of hydrogen-bond acceptors (Lipinski definition) is 3. The summed E-state index contributed by atoms with van der Waals surface area (Å²) in [7, 11) is 1.80. The zero-order valence-corrected chi connectivity index (χ0v) is 18.2. The summed E-state index contributed by atoms with van der Waals surface area (Å²) in [5, 5.41) is 7.92. The Hall–Kier alpha value is -1.15. The quantitative estimate of drug-likeness (QED) is 0.398. The minimum Gasteiger partial charge on any atom is -0.351 e. The van der Waals surface area contributed by atoms with Crippen LogP contribution in [0.2, 0.25) is 0 Å². The molecule has 0 amide bonds. The highest BCUT2D eigenvalue weighted by Gasteiger charge is 2.09. The molecule has 2 N–H and O–H groups in total. The fourth-order valence-electron chi connectivity index (χ4n) is 2.43. The van der Waals surface area contributed by atoms with Gasteiger partial charge in [0.25, 0.3) is 0 Å². The molecule has 1 atom stereocenters. The summed E-state index contributed by atoms with van der Waals surface area (Å²) in [5.41, 5.74) is 3.72. The van der Waals surface area contributed by atoms with Crippen LogP contribution in [0, 0.1) is 13.8 Å². The smallest absolute Gasteiger partial charge is 0.191 e. The van der Waals surface area contributed by atoms with E-state index in [-0.39, 0.29) is 30.0 Å². The third-order valence-electron chi connectivity index (χ3n) is 3.88. The van der Waals surface area contributed by atoms with E-state index in [1.54, 1.807) is 18.4 Å². The molecule has 2 aromatic rings. The Bertz CT molecular complexity index is 664. The number of hydrogen-bond donors (Lipinski definition) is 2. The highest BCUT2D eigenvalue weighted by molar-refractivity contribution is 14.0. The Labute approximate surface area is 166 Å². The second-order valence-corrected chi connectivity index (χ2v) is 6.92. The van der Waals surface area contributed by atoms with Crippen LogP contribution in [0.4, 0.5) is 0 Å². The molecule has 0 saturated carbocycles. The second kappa shape index (κ2) is 9.98. The molecule has 24 heavy (non-hydrogen) atoms. The molecule has 0 spiro atoms. The second-order valence-electron chi connectivity index (χ2n) is 5.63. The van der Waals surface area contributed by atoms with Gasteiger partial charge >= 0.3 is 0 Å². The number of nitrogens with one attached hydrogen (secondary N) is 2. The summed E-state index contributed by atoms with van der Waals surface area (Å²) < 4.78 is 0. The zero-order valence-electron chi connectivity index (χ0n) is 15.0. The van der Waals surface area contributed by atoms with Crippen molar-refractivity contribution in [3.63, 3.8) is 0 Å². The Morgan fingerprint density at radius 2 is 1.92 bits per heavy atom. The van der Waals surface area contributed by atoms with Gasteiger partial charge < -0.3 is 10.6 Å². The summed E-state index contributed by atoms with van der Waals surface area (Å²) in [6.45, 7) is 9.16. The number of halogens is 1. The van der Waals surface area contributed by atoms with Crippen LogP contribution < -0.4 is 10.6 Å². The molecule has 1 heterocycles. The van der Waals surface area contributed by atoms with Gasteiger partial charge in [-0.25, -0.2) is 4.98 Å². The Kier molecular flexibility index (Phi) is 8.69. The predicted octanol–water partition coefficient (Wildman–Crippen LogP) is 4.37. The van der Waals surface area contributed by atoms with Crippen LogP contribution in [0.25, 0.3) is 0 Å². The maximum absolute atomic E-state index is 4.46. The normalized spacial score (nSPS) is 12.5. The first-order valence-corrected chi connectivity index (χ1v) is 8.84. The molecule has 0 radical (unpaired) electrons. The molecule has 0 aliphatic heterocycles. The standard InChI is InChI=1S/C18H26N4S.HI/c1-6-15-7-9-16(10-8-15)12(2)22-18(19-5)20-11-17-13(3)21-14(4)23-17;/h7-10,12H,6,11H2,1-5H3,(H2,19,20,22);1H. The number of aryl methyl sites for hydroxylation is 3. The van der Waals surface area contributed by atoms with E-state index in [2.05, 4.69) is 65.6 Å². The molecular weight excluding hydrogens is 431 g/mol. The van der Waals surface area contributed by atoms with Gasteiger partial charge in [-0.1, -0.05) is 31.2 Å². The van der Waals surface area contributed by atoms with Gasteiger partial charge in [-0.15, -0.1) is 35.3 Å². The average Bonchev–Trinajstić information content (AvgIpc) is 2.88. The number of benzene rings is 1. The van der Waals surface area contributed by atoms with Gasteiger partial charge in [0.1, 0.15) is 0 Å². The van der Waals surface area contributed by atoms with Crippen molar-refractivity contribution in [1.82, 2.24) is 15.6 Å². The lowest BCUT2D eigenvalue weighted by Crippen LogP contribution is -2.38. The maximum Gasteiger partial charge on any atom is 0.191 e. The van der Waals surface area contributed by atoms with Crippen LogP contribution >= 0.6 is 35.3 Å². The van der Waals surface area contributed by atoms with Crippen molar-refractivity contribution in [3.05, 3.63) is 51.0 Å². The van der Waals surface area contributed by atoms with Gasteiger partial charge in [-0.2, -0.15) is 0 Å². The van der Waals surface area contributed by atoms with E-state index in [0.29, 0.717) is 0 Å². The minimum absolute atomic E-state index is 0. The molecule has 4 nitrogen and oxygen atoms in total. The third-order valence-corrected chi connectivity index (χ3v) is 4.95. The fourth-order valence-corrected chi connectivity index (χ4v) is 3.30. The van der Waals surface area contributed by atoms with E-state index in [1.165, 1.54) is 16.0 Å². The van der Waals surface area contributed by atoms with Crippen LogP contribution in [0.3, 0.4) is 0 Å². The Balaban J connectivity index is 0.00000288. The summed E-state index contributed by atoms with van der Waals surface area (Å²) in [4.78, 5) is 10.0. The van der Waals surface area contributed by atoms with Crippen LogP contribution in [-0.4, -0.2) is 18.0 Å². The molecule has 0 saturated heterocycles. The lowest BCUT2D eigenvalue weighted by atomic mass is 10.1. The number of nitrogens with zero attached hydrogens (tertiary/aromatic N) is 2. The van der Waals surface area contributed by atoms with Gasteiger partial charge in [0.15, 0.2) is 5.96 Å². The number of aromatic nitrogens is 1. The first-order chi connectivity index (χ1) is 11.0. The van der Waals surface area contributed by atoms with Crippen LogP contribution in [0.1, 0.15) is 46.6 Å². The third kappa shape index (κ3) is 5.73. The highest BCUT2D eigenvalue weighted by Crippen LogP contribution is 2.17. The molecule has 0 aliphatic rings. The lowest BCUT2D eigenvalue weighted by Gasteiger charge is -2.18. The summed E-state index contributed by atoms with van der Waals surface area (Å²) >= 11 is 1.73. The minimum atomic E-state index is 0. The van der Waals surface area contributed by atoms with Crippen molar-refractivity contribution in [3.8, 4) is 0 Å². The molecule has 1 aromatic carbocycles. The van der Waals surface area contributed by atoms with Crippen molar-refractivity contribution in [2.75, 3.05) is 7.05 Å². The average molecular weight is 458 g/mol. The molecule has 2 rings (SSSR count). The fraction of sp³-hybridized carbons (Fsp3) is 0.444. The van der Waals surface area contributed by atoms with Crippen LogP contribution in [-0.2, 0) is 13.0 Å². The van der Waals surface area contributed by atoms with Gasteiger partial charge in [-0.3, -0.25) is 4.99 Å². The molecule has 132 valence electrons. The van der Waals surface area contributed by atoms with E-state index in [9.17, 15) is 0 Å². The number of thiazole rings is 1. The van der Waals surface area contributed by atoms with E-state index in [4.69, 9.17) is 0 Å². The number of rotatable bonds is 5. The molecule has 0 bridgehead atoms. The molecule has 1 aromatic heterocycles. The van der Waals surface area contributed by atoms with E-state index < -0.39 is 0 Å². The van der Waals surface area contributed by atoms with Crippen LogP contribution in [0.5, 0.6) is 0 Å². The van der Waals surface area contributed by atoms with E-state index in [0.717, 1.165) is 29.6 Å². The zero-order chi connectivity index (χ0) is 16.8. The SMILES string of the molecule is CCc1ccc(C(C)NC(=NC)NCc2sc(C)nc2C)cc1.I. The lowest BCUT2D eigenvalue weighted by molar-refractivity contribution is 0.685. The predicted molar refractivity (Wildman–Crippen MR) is 115 cm³/mol. The van der Waals surface area contributed by atoms with Gasteiger partial charge in [-0.05, 0) is 38.3 Å². The molecular formula is C18H27IN4S. The topological polar surface area (TPSA) is 49.3 Å². The molecule has 6 heteroatoms. The van der Waals surface area contributed by atoms with E-state index in [1.807, 2.05) is 6.92 Å². The van der Waals surface area contributed by atoms with Crippen molar-refractivity contribution >= 4 is 41.3 Å². The number of aliphatic imine (C=N–C) groups is 1. The van der Waals surface area contributed by atoms with Gasteiger partial charge in [0.05, 0.1) is 23.3 Å². The molecule has 1 unspecified atom stereocenters. The monoisotopic (exact) mass is 458 g/mol. The van der Waals surface area contributed by atoms with Gasteiger partial charge in [0.2, 0.25) is 0 Å². The first kappa shape index (κ1) is 20.9. The largest absolute Gasteiger partial charge is 0.351 e. The van der Waals surface area contributed by atoms with Crippen molar-refractivity contribution in [2.45, 2.75) is 46.7 Å². The van der Waals surface area contributed by atoms with Gasteiger partial charge in [0, 0.05) is 11.9 Å². The first-order valence-electron chi connectivity index (χ1n) is 8.02. The molecule has 0 aliphatic carbocycles. The number of guanidine groups is 1. The Morgan fingerprint density at radius 3 is 2.42 bits per heavy atom. The van der Waals surface area contributed by atoms with Crippen molar-refractivity contribution < 1.29 is 0 Å². The summed E-state index contributed by atoms with van der Waals surface area (Å²) in [5.74, 6) is 0.808. The van der Waals surface area contributed by atoms with Crippen molar-refractivity contribution in [1.29, 1.82) is 0 Å². The summed E-state index contributed by atoms with van der Waals surface area (Å²) in [6.07, 6.45) is 1.07. The Morgan fingerprint density at radius 1 is 1.25 bits per heavy atom. The van der Waals surface area contributed by atoms with Crippen LogP contribution in [0.15, 0.2) is 29.3 Å². The van der Waals surface area contributed by atoms with E-state index >= 15 is 0 Å².